The molecular formula is C20H23ClF2N6O2S. The molecule has 0 unspecified atom stereocenters. The van der Waals surface area contributed by atoms with E-state index in [4.69, 9.17) is 11.6 Å². The highest BCUT2D eigenvalue weighted by atomic mass is 35.5. The van der Waals surface area contributed by atoms with Crippen LogP contribution in [0, 0.1) is 0 Å². The van der Waals surface area contributed by atoms with Crippen LogP contribution >= 0.6 is 11.6 Å². The number of aliphatic hydroxyl groups excluding tert-OH is 1. The fraction of sp³-hybridized carbons (Fsp3) is 0.600. The van der Waals surface area contributed by atoms with E-state index >= 15 is 0 Å². The number of aliphatic hydroxyl groups is 1. The molecule has 2 fully saturated rings. The van der Waals surface area contributed by atoms with Crippen molar-refractivity contribution in [3.05, 3.63) is 28.9 Å². The predicted molar refractivity (Wildman–Crippen MR) is 116 cm³/mol. The first-order valence-electron chi connectivity index (χ1n) is 10.6. The minimum Gasteiger partial charge on any atom is -0.394 e. The Morgan fingerprint density at radius 3 is 2.50 bits per heavy atom. The predicted octanol–water partition coefficient (Wildman–Crippen LogP) is 2.84. The molecule has 172 valence electrons. The van der Waals surface area contributed by atoms with Crippen LogP contribution in [0.4, 0.5) is 20.5 Å². The lowest BCUT2D eigenvalue weighted by molar-refractivity contribution is 0.0191. The SMILES string of the molecule is O=[S@@]1CC(F)(F)c2nc(N3CCC(c4ncc(Cl)cn4)CC3)nc(NC3(CO)CCC3)c21. The van der Waals surface area contributed by atoms with Crippen molar-refractivity contribution in [3.8, 4) is 0 Å². The van der Waals surface area contributed by atoms with Crippen molar-refractivity contribution in [3.63, 3.8) is 0 Å². The third-order valence-corrected chi connectivity index (χ3v) is 8.18. The van der Waals surface area contributed by atoms with Gasteiger partial charge in [0.05, 0.1) is 33.7 Å². The Kier molecular flexibility index (Phi) is 5.53. The molecule has 2 aliphatic heterocycles. The van der Waals surface area contributed by atoms with Gasteiger partial charge in [-0.25, -0.2) is 15.0 Å². The van der Waals surface area contributed by atoms with E-state index in [2.05, 4.69) is 25.3 Å². The Morgan fingerprint density at radius 1 is 1.22 bits per heavy atom. The molecule has 5 rings (SSSR count). The van der Waals surface area contributed by atoms with Crippen LogP contribution < -0.4 is 10.2 Å². The summed E-state index contributed by atoms with van der Waals surface area (Å²) in [6.45, 7) is 0.958. The van der Waals surface area contributed by atoms with Crippen LogP contribution in [0.3, 0.4) is 0 Å². The molecule has 1 aliphatic carbocycles. The monoisotopic (exact) mass is 484 g/mol. The Bertz CT molecular complexity index is 1040. The van der Waals surface area contributed by atoms with Crippen molar-refractivity contribution in [2.24, 2.45) is 0 Å². The number of hydrogen-bond acceptors (Lipinski definition) is 8. The lowest BCUT2D eigenvalue weighted by Gasteiger charge is -2.42. The summed E-state index contributed by atoms with van der Waals surface area (Å²) < 4.78 is 41.8. The molecule has 2 aromatic heterocycles. The average molecular weight is 485 g/mol. The molecule has 1 saturated heterocycles. The molecule has 0 radical (unpaired) electrons. The molecule has 0 bridgehead atoms. The van der Waals surface area contributed by atoms with Crippen molar-refractivity contribution in [2.75, 3.05) is 35.7 Å². The Morgan fingerprint density at radius 2 is 1.91 bits per heavy atom. The molecule has 0 spiro atoms. The average Bonchev–Trinajstić information content (AvgIpc) is 2.99. The van der Waals surface area contributed by atoms with Crippen LogP contribution in [0.15, 0.2) is 17.3 Å². The fourth-order valence-corrected chi connectivity index (χ4v) is 5.91. The van der Waals surface area contributed by atoms with Gasteiger partial charge < -0.3 is 15.3 Å². The quantitative estimate of drug-likeness (QED) is 0.667. The van der Waals surface area contributed by atoms with E-state index in [1.165, 1.54) is 0 Å². The van der Waals surface area contributed by atoms with Gasteiger partial charge in [0.2, 0.25) is 5.95 Å². The zero-order valence-electron chi connectivity index (χ0n) is 17.2. The molecule has 0 aromatic carbocycles. The van der Waals surface area contributed by atoms with Crippen LogP contribution in [-0.4, -0.2) is 60.2 Å². The molecule has 2 aromatic rings. The number of halogens is 3. The molecule has 32 heavy (non-hydrogen) atoms. The fourth-order valence-electron chi connectivity index (χ4n) is 4.48. The van der Waals surface area contributed by atoms with Crippen LogP contribution in [0.25, 0.3) is 0 Å². The van der Waals surface area contributed by atoms with Crippen molar-refractivity contribution >= 4 is 34.2 Å². The zero-order valence-corrected chi connectivity index (χ0v) is 18.8. The number of piperidine rings is 1. The van der Waals surface area contributed by atoms with Gasteiger partial charge in [-0.2, -0.15) is 13.8 Å². The van der Waals surface area contributed by atoms with Gasteiger partial charge in [0.25, 0.3) is 0 Å². The summed E-state index contributed by atoms with van der Waals surface area (Å²) >= 11 is 5.86. The number of hydrogen-bond donors (Lipinski definition) is 2. The second kappa shape index (κ2) is 8.11. The van der Waals surface area contributed by atoms with E-state index in [-0.39, 0.29) is 29.2 Å². The van der Waals surface area contributed by atoms with Gasteiger partial charge in [-0.05, 0) is 32.1 Å². The van der Waals surface area contributed by atoms with Gasteiger partial charge >= 0.3 is 5.92 Å². The lowest BCUT2D eigenvalue weighted by atomic mass is 9.77. The maximum atomic E-state index is 14.6. The van der Waals surface area contributed by atoms with Crippen molar-refractivity contribution in [1.82, 2.24) is 19.9 Å². The summed E-state index contributed by atoms with van der Waals surface area (Å²) in [7, 11) is -1.90. The Balaban J connectivity index is 1.43. The summed E-state index contributed by atoms with van der Waals surface area (Å²) in [4.78, 5) is 19.1. The topological polar surface area (TPSA) is 104 Å². The number of alkyl halides is 2. The maximum Gasteiger partial charge on any atom is 0.302 e. The van der Waals surface area contributed by atoms with E-state index in [9.17, 15) is 18.1 Å². The standard InChI is InChI=1S/C20H23ClF2N6O2S/c21-13-8-24-16(25-9-13)12-2-6-29(7-3-12)18-26-15-14(32(31)11-20(15,22)23)17(27-18)28-19(10-30)4-1-5-19/h8-9,12,30H,1-7,10-11H2,(H,26,27,28)/t32-/m1/s1. The van der Waals surface area contributed by atoms with Crippen LogP contribution in [0.1, 0.15) is 49.5 Å². The Labute approximate surface area is 191 Å². The number of nitrogens with one attached hydrogen (secondary N) is 1. The Hall–Kier alpha value is -1.98. The molecule has 12 heteroatoms. The first kappa shape index (κ1) is 21.8. The number of nitrogens with zero attached hydrogens (tertiary/aromatic N) is 5. The molecular weight excluding hydrogens is 462 g/mol. The van der Waals surface area contributed by atoms with Crippen molar-refractivity contribution < 1.29 is 18.1 Å². The van der Waals surface area contributed by atoms with Crippen LogP contribution in [0.2, 0.25) is 5.02 Å². The van der Waals surface area contributed by atoms with Crippen molar-refractivity contribution in [2.45, 2.75) is 54.4 Å². The number of fused-ring (bicyclic) bond motifs is 1. The van der Waals surface area contributed by atoms with Gasteiger partial charge in [0, 0.05) is 31.4 Å². The zero-order chi connectivity index (χ0) is 22.5. The third kappa shape index (κ3) is 3.84. The van der Waals surface area contributed by atoms with Gasteiger partial charge in [0.1, 0.15) is 22.2 Å². The molecule has 3 aliphatic rings. The molecule has 1 atom stereocenters. The molecule has 4 heterocycles. The number of rotatable bonds is 5. The summed E-state index contributed by atoms with van der Waals surface area (Å²) in [5.74, 6) is -2.89. The van der Waals surface area contributed by atoms with Crippen molar-refractivity contribution in [1.29, 1.82) is 0 Å². The molecule has 2 N–H and O–H groups in total. The van der Waals surface area contributed by atoms with Crippen LogP contribution in [-0.2, 0) is 16.7 Å². The minimum absolute atomic E-state index is 0.0390. The second-order valence-electron chi connectivity index (χ2n) is 8.68. The highest BCUT2D eigenvalue weighted by molar-refractivity contribution is 7.85. The third-order valence-electron chi connectivity index (χ3n) is 6.52. The lowest BCUT2D eigenvalue weighted by Crippen LogP contribution is -2.49. The normalized spacial score (nSPS) is 24.1. The van der Waals surface area contributed by atoms with E-state index in [1.807, 2.05) is 4.90 Å². The molecule has 8 nitrogen and oxygen atoms in total. The van der Waals surface area contributed by atoms with Gasteiger partial charge in [-0.1, -0.05) is 11.6 Å². The van der Waals surface area contributed by atoms with E-state index in [1.54, 1.807) is 12.4 Å². The summed E-state index contributed by atoms with van der Waals surface area (Å²) in [5.41, 5.74) is -1.08. The highest BCUT2D eigenvalue weighted by Crippen LogP contribution is 2.45. The minimum atomic E-state index is -3.28. The summed E-state index contributed by atoms with van der Waals surface area (Å²) in [6, 6.07) is 0. The molecule has 0 amide bonds. The van der Waals surface area contributed by atoms with E-state index < -0.39 is 33.7 Å². The largest absolute Gasteiger partial charge is 0.394 e. The number of anilines is 2. The van der Waals surface area contributed by atoms with E-state index in [0.29, 0.717) is 49.6 Å². The molecule has 1 saturated carbocycles. The first-order chi connectivity index (χ1) is 15.3. The first-order valence-corrected chi connectivity index (χ1v) is 12.3. The van der Waals surface area contributed by atoms with E-state index in [0.717, 1.165) is 6.42 Å². The van der Waals surface area contributed by atoms with Crippen LogP contribution in [0.5, 0.6) is 0 Å². The summed E-state index contributed by atoms with van der Waals surface area (Å²) in [6.07, 6.45) is 6.89. The van der Waals surface area contributed by atoms with Gasteiger partial charge in [0.15, 0.2) is 0 Å². The number of aromatic nitrogens is 4. The van der Waals surface area contributed by atoms with Gasteiger partial charge in [-0.15, -0.1) is 0 Å². The maximum absolute atomic E-state index is 14.6. The smallest absolute Gasteiger partial charge is 0.302 e. The summed E-state index contributed by atoms with van der Waals surface area (Å²) in [5, 5.41) is 13.4. The van der Waals surface area contributed by atoms with Gasteiger partial charge in [-0.3, -0.25) is 4.21 Å². The second-order valence-corrected chi connectivity index (χ2v) is 10.5. The highest BCUT2D eigenvalue weighted by Gasteiger charge is 2.49.